The second kappa shape index (κ2) is 9.82. The zero-order valence-electron chi connectivity index (χ0n) is 17.7. The summed E-state index contributed by atoms with van der Waals surface area (Å²) >= 11 is 0. The summed E-state index contributed by atoms with van der Waals surface area (Å²) < 4.78 is 10.7. The number of anilines is 4. The zero-order valence-corrected chi connectivity index (χ0v) is 17.7. The third-order valence-corrected chi connectivity index (χ3v) is 4.82. The highest BCUT2D eigenvalue weighted by Crippen LogP contribution is 2.32. The van der Waals surface area contributed by atoms with Crippen LogP contribution in [-0.2, 0) is 16.0 Å². The van der Waals surface area contributed by atoms with Crippen LogP contribution in [0.15, 0.2) is 66.7 Å². The largest absolute Gasteiger partial charge is 0.488 e. The van der Waals surface area contributed by atoms with Crippen molar-refractivity contribution in [3.8, 4) is 5.75 Å². The number of amides is 2. The molecule has 2 heterocycles. The summed E-state index contributed by atoms with van der Waals surface area (Å²) in [4.78, 5) is 30.6. The molecule has 4 rings (SSSR count). The fourth-order valence-electron chi connectivity index (χ4n) is 3.31. The number of pyridine rings is 1. The fourth-order valence-corrected chi connectivity index (χ4v) is 3.31. The van der Waals surface area contributed by atoms with Crippen molar-refractivity contribution in [1.82, 2.24) is 4.98 Å². The molecular formula is C24H24N4O4. The van der Waals surface area contributed by atoms with E-state index in [0.717, 1.165) is 11.3 Å². The lowest BCUT2D eigenvalue weighted by Crippen LogP contribution is -2.41. The van der Waals surface area contributed by atoms with Gasteiger partial charge in [-0.15, -0.1) is 0 Å². The molecule has 2 aromatic carbocycles. The first kappa shape index (κ1) is 21.2. The molecule has 0 saturated carbocycles. The van der Waals surface area contributed by atoms with Gasteiger partial charge in [-0.2, -0.15) is 0 Å². The number of carbonyl (C=O) groups is 2. The number of fused-ring (bicyclic) bond motifs is 1. The fraction of sp³-hybridized carbons (Fsp3) is 0.208. The molecule has 0 aliphatic carbocycles. The van der Waals surface area contributed by atoms with E-state index in [1.54, 1.807) is 24.0 Å². The predicted molar refractivity (Wildman–Crippen MR) is 123 cm³/mol. The summed E-state index contributed by atoms with van der Waals surface area (Å²) in [7, 11) is 0. The Morgan fingerprint density at radius 1 is 1.03 bits per heavy atom. The molecule has 164 valence electrons. The first-order valence-electron chi connectivity index (χ1n) is 10.4. The molecule has 2 N–H and O–H groups in total. The highest BCUT2D eigenvalue weighted by molar-refractivity contribution is 6.02. The average molecular weight is 432 g/mol. The average Bonchev–Trinajstić information content (AvgIpc) is 2.81. The van der Waals surface area contributed by atoms with Crippen LogP contribution in [0.2, 0.25) is 0 Å². The van der Waals surface area contributed by atoms with Crippen molar-refractivity contribution >= 4 is 35.0 Å². The Bertz CT molecular complexity index is 1090. The number of hydrogen-bond donors (Lipinski definition) is 2. The number of aromatic nitrogens is 1. The molecule has 1 aliphatic rings. The minimum atomic E-state index is -0.270. The summed E-state index contributed by atoms with van der Waals surface area (Å²) in [5.41, 5.74) is 2.38. The van der Waals surface area contributed by atoms with Gasteiger partial charge in [0.1, 0.15) is 12.4 Å². The van der Waals surface area contributed by atoms with Crippen LogP contribution >= 0.6 is 0 Å². The van der Waals surface area contributed by atoms with Crippen LogP contribution in [0.5, 0.6) is 5.75 Å². The van der Waals surface area contributed by atoms with Crippen LogP contribution in [-0.4, -0.2) is 36.7 Å². The Balaban J connectivity index is 1.47. The maximum atomic E-state index is 12.8. The highest BCUT2D eigenvalue weighted by atomic mass is 16.5. The second-order valence-electron chi connectivity index (χ2n) is 7.12. The second-order valence-corrected chi connectivity index (χ2v) is 7.12. The lowest BCUT2D eigenvalue weighted by Gasteiger charge is -2.28. The molecule has 32 heavy (non-hydrogen) atoms. The topological polar surface area (TPSA) is 92.8 Å². The Hall–Kier alpha value is -4.07. The van der Waals surface area contributed by atoms with E-state index in [4.69, 9.17) is 9.47 Å². The minimum absolute atomic E-state index is 0.230. The van der Waals surface area contributed by atoms with Gasteiger partial charge < -0.3 is 20.1 Å². The monoisotopic (exact) mass is 432 g/mol. The summed E-state index contributed by atoms with van der Waals surface area (Å²) in [6.07, 6.45) is 0.230. The van der Waals surface area contributed by atoms with Crippen molar-refractivity contribution in [1.29, 1.82) is 0 Å². The number of hydrogen-bond acceptors (Lipinski definition) is 6. The van der Waals surface area contributed by atoms with E-state index < -0.39 is 0 Å². The molecular weight excluding hydrogens is 408 g/mol. The van der Waals surface area contributed by atoms with E-state index >= 15 is 0 Å². The lowest BCUT2D eigenvalue weighted by molar-refractivity contribution is -0.142. The molecule has 2 amide bonds. The van der Waals surface area contributed by atoms with Gasteiger partial charge in [-0.25, -0.2) is 9.78 Å². The van der Waals surface area contributed by atoms with Gasteiger partial charge in [0, 0.05) is 11.4 Å². The van der Waals surface area contributed by atoms with Gasteiger partial charge in [0.15, 0.2) is 11.6 Å². The van der Waals surface area contributed by atoms with Gasteiger partial charge in [-0.05, 0) is 48.9 Å². The Morgan fingerprint density at radius 3 is 2.56 bits per heavy atom. The molecule has 0 unspecified atom stereocenters. The van der Waals surface area contributed by atoms with Gasteiger partial charge in [0.2, 0.25) is 0 Å². The maximum Gasteiger partial charge on any atom is 0.327 e. The number of benzene rings is 2. The Labute approximate surface area is 186 Å². The van der Waals surface area contributed by atoms with Crippen molar-refractivity contribution in [3.05, 3.63) is 72.3 Å². The standard InChI is InChI=1S/C24H24N4O4/c1-2-31-22(29)16-17-8-10-19(11-9-17)25-21-13-12-20-23(27-21)28(14-15-32-20)24(30)26-18-6-4-3-5-7-18/h3-13H,2,14-16H2,1H3,(H,25,27)(H,26,30). The van der Waals surface area contributed by atoms with Crippen molar-refractivity contribution < 1.29 is 19.1 Å². The van der Waals surface area contributed by atoms with Crippen LogP contribution in [0.3, 0.4) is 0 Å². The highest BCUT2D eigenvalue weighted by Gasteiger charge is 2.26. The number of esters is 1. The van der Waals surface area contributed by atoms with E-state index in [9.17, 15) is 9.59 Å². The molecule has 0 bridgehead atoms. The molecule has 1 aliphatic heterocycles. The summed E-state index contributed by atoms with van der Waals surface area (Å²) in [5, 5.41) is 6.11. The van der Waals surface area contributed by atoms with Gasteiger partial charge >= 0.3 is 12.0 Å². The number of urea groups is 1. The number of ether oxygens (including phenoxy) is 2. The van der Waals surface area contributed by atoms with E-state index in [0.29, 0.717) is 42.8 Å². The smallest absolute Gasteiger partial charge is 0.327 e. The van der Waals surface area contributed by atoms with Crippen LogP contribution in [0.4, 0.5) is 27.8 Å². The first-order chi connectivity index (χ1) is 15.6. The zero-order chi connectivity index (χ0) is 22.3. The predicted octanol–water partition coefficient (Wildman–Crippen LogP) is 4.36. The first-order valence-corrected chi connectivity index (χ1v) is 10.4. The quantitative estimate of drug-likeness (QED) is 0.562. The van der Waals surface area contributed by atoms with Gasteiger partial charge in [0.05, 0.1) is 19.6 Å². The minimum Gasteiger partial charge on any atom is -0.488 e. The molecule has 8 nitrogen and oxygen atoms in total. The number of nitrogens with zero attached hydrogens (tertiary/aromatic N) is 2. The van der Waals surface area contributed by atoms with Crippen molar-refractivity contribution in [2.24, 2.45) is 0 Å². The molecule has 3 aromatic rings. The number of rotatable bonds is 6. The molecule has 0 saturated heterocycles. The third kappa shape index (κ3) is 5.15. The number of nitrogens with one attached hydrogen (secondary N) is 2. The summed E-state index contributed by atoms with van der Waals surface area (Å²) in [6, 6.07) is 20.1. The van der Waals surface area contributed by atoms with E-state index in [-0.39, 0.29) is 18.4 Å². The van der Waals surface area contributed by atoms with Crippen LogP contribution in [0.1, 0.15) is 12.5 Å². The third-order valence-electron chi connectivity index (χ3n) is 4.82. The molecule has 0 radical (unpaired) electrons. The van der Waals surface area contributed by atoms with Crippen LogP contribution < -0.4 is 20.3 Å². The van der Waals surface area contributed by atoms with Gasteiger partial charge in [0.25, 0.3) is 0 Å². The SMILES string of the molecule is CCOC(=O)Cc1ccc(Nc2ccc3c(n2)N(C(=O)Nc2ccccc2)CCO3)cc1. The van der Waals surface area contributed by atoms with Crippen molar-refractivity contribution in [3.63, 3.8) is 0 Å². The molecule has 1 aromatic heterocycles. The Morgan fingerprint density at radius 2 is 1.81 bits per heavy atom. The lowest BCUT2D eigenvalue weighted by atomic mass is 10.1. The number of carbonyl (C=O) groups excluding carboxylic acids is 2. The van der Waals surface area contributed by atoms with Gasteiger partial charge in [-0.3, -0.25) is 9.69 Å². The van der Waals surface area contributed by atoms with Crippen LogP contribution in [0, 0.1) is 0 Å². The van der Waals surface area contributed by atoms with Crippen molar-refractivity contribution in [2.75, 3.05) is 35.3 Å². The molecule has 0 atom stereocenters. The molecule has 8 heteroatoms. The Kier molecular flexibility index (Phi) is 6.50. The normalized spacial score (nSPS) is 12.3. The van der Waals surface area contributed by atoms with E-state index in [1.807, 2.05) is 54.6 Å². The number of para-hydroxylation sites is 1. The van der Waals surface area contributed by atoms with E-state index in [2.05, 4.69) is 15.6 Å². The van der Waals surface area contributed by atoms with Crippen molar-refractivity contribution in [2.45, 2.75) is 13.3 Å². The van der Waals surface area contributed by atoms with E-state index in [1.165, 1.54) is 0 Å². The maximum absolute atomic E-state index is 12.8. The summed E-state index contributed by atoms with van der Waals surface area (Å²) in [5.74, 6) is 1.33. The summed E-state index contributed by atoms with van der Waals surface area (Å²) in [6.45, 7) is 2.94. The van der Waals surface area contributed by atoms with Gasteiger partial charge in [-0.1, -0.05) is 30.3 Å². The van der Waals surface area contributed by atoms with Crippen LogP contribution in [0.25, 0.3) is 0 Å². The molecule has 0 fully saturated rings. The molecule has 0 spiro atoms.